The van der Waals surface area contributed by atoms with Crippen molar-refractivity contribution in [1.82, 2.24) is 9.80 Å². The number of ether oxygens (including phenoxy) is 1. The van der Waals surface area contributed by atoms with Crippen molar-refractivity contribution in [3.05, 3.63) is 71.3 Å². The van der Waals surface area contributed by atoms with Gasteiger partial charge in [-0.2, -0.15) is 0 Å². The number of benzene rings is 2. The zero-order valence-corrected chi connectivity index (χ0v) is 19.7. The zero-order valence-electron chi connectivity index (χ0n) is 19.7. The smallest absolute Gasteiger partial charge is 0.450 e. The Morgan fingerprint density at radius 1 is 1.03 bits per heavy atom. The van der Waals surface area contributed by atoms with Crippen LogP contribution in [0.3, 0.4) is 0 Å². The number of likely N-dealkylation sites (tertiary alicyclic amines) is 2. The molecule has 12 heteroatoms. The zero-order chi connectivity index (χ0) is 26.9. The van der Waals surface area contributed by atoms with Crippen LogP contribution < -0.4 is 11.5 Å². The molecule has 3 amide bonds. The highest BCUT2D eigenvalue weighted by molar-refractivity contribution is 6.07. The average Bonchev–Trinajstić information content (AvgIpc) is 3.28. The number of fused-ring (bicyclic) bond motifs is 1. The first kappa shape index (κ1) is 25.8. The molecule has 2 aliphatic heterocycles. The van der Waals surface area contributed by atoms with E-state index in [9.17, 15) is 29.4 Å². The number of imide groups is 1. The molecule has 4 atom stereocenters. The molecule has 0 saturated carbocycles. The number of rotatable bonds is 9. The number of nitrogen functional groups attached to an aromatic ring is 1. The van der Waals surface area contributed by atoms with Crippen LogP contribution in [0.4, 0.5) is 4.79 Å². The highest BCUT2D eigenvalue weighted by Gasteiger charge is 2.71. The summed E-state index contributed by atoms with van der Waals surface area (Å²) in [5.41, 5.74) is 10.4. The molecule has 2 aromatic carbocycles. The van der Waals surface area contributed by atoms with Crippen LogP contribution in [0.1, 0.15) is 29.2 Å². The summed E-state index contributed by atoms with van der Waals surface area (Å²) in [6.45, 7) is -1.18. The van der Waals surface area contributed by atoms with Gasteiger partial charge >= 0.3 is 6.16 Å². The van der Waals surface area contributed by atoms with Crippen LogP contribution in [-0.4, -0.2) is 68.6 Å². The maximum absolute atomic E-state index is 13.8. The second kappa shape index (κ2) is 9.99. The first-order valence-corrected chi connectivity index (χ1v) is 11.5. The summed E-state index contributed by atoms with van der Waals surface area (Å²) < 4.78 is 5.22. The van der Waals surface area contributed by atoms with Crippen molar-refractivity contribution >= 4 is 29.7 Å². The lowest BCUT2D eigenvalue weighted by molar-refractivity contribution is -0.175. The number of nitrogens with one attached hydrogen (secondary N) is 1. The molecule has 2 saturated heterocycles. The number of carboxylic acid groups (broad SMARTS) is 1. The molecule has 12 nitrogen and oxygen atoms in total. The minimum absolute atomic E-state index is 0.0443. The molecule has 2 fully saturated rings. The van der Waals surface area contributed by atoms with E-state index in [2.05, 4.69) is 0 Å². The number of carbonyl (C=O) groups excluding carboxylic acids is 3. The minimum atomic E-state index is -2.14. The molecule has 0 bridgehead atoms. The van der Waals surface area contributed by atoms with Crippen molar-refractivity contribution in [2.24, 2.45) is 23.3 Å². The lowest BCUT2D eigenvalue weighted by Gasteiger charge is -2.40. The van der Waals surface area contributed by atoms with Gasteiger partial charge in [-0.05, 0) is 11.1 Å². The SMILES string of the molecule is N=C(N)c1ccc(C2C3C(=O)N(Cc4ccccc4)C(=O)C3C(CO)(OC(=O)O)N2CCC(N)=O)cc1. The number of nitrogens with zero attached hydrogens (tertiary/aromatic N) is 2. The van der Waals surface area contributed by atoms with Gasteiger partial charge in [-0.25, -0.2) is 4.79 Å². The van der Waals surface area contributed by atoms with Gasteiger partial charge in [0.15, 0.2) is 0 Å². The predicted molar refractivity (Wildman–Crippen MR) is 129 cm³/mol. The van der Waals surface area contributed by atoms with Gasteiger partial charge in [0.05, 0.1) is 25.1 Å². The van der Waals surface area contributed by atoms with E-state index in [1.54, 1.807) is 54.6 Å². The van der Waals surface area contributed by atoms with E-state index in [4.69, 9.17) is 21.6 Å². The summed E-state index contributed by atoms with van der Waals surface area (Å²) >= 11 is 0. The molecule has 194 valence electrons. The first-order valence-electron chi connectivity index (χ1n) is 11.5. The Kier molecular flexibility index (Phi) is 6.96. The monoisotopic (exact) mass is 509 g/mol. The third-order valence-corrected chi connectivity index (χ3v) is 6.93. The average molecular weight is 510 g/mol. The van der Waals surface area contributed by atoms with Gasteiger partial charge in [-0.15, -0.1) is 0 Å². The summed E-state index contributed by atoms with van der Waals surface area (Å²) in [5, 5.41) is 27.8. The van der Waals surface area contributed by atoms with Crippen molar-refractivity contribution in [3.8, 4) is 0 Å². The molecule has 4 rings (SSSR count). The topological polar surface area (TPSA) is 200 Å². The number of aliphatic hydroxyl groups excluding tert-OH is 1. The molecule has 4 unspecified atom stereocenters. The highest BCUT2D eigenvalue weighted by atomic mass is 16.7. The Labute approximate surface area is 211 Å². The number of nitrogens with two attached hydrogens (primary N) is 2. The number of hydrogen-bond acceptors (Lipinski definition) is 8. The number of aliphatic hydroxyl groups is 1. The quantitative estimate of drug-likeness (QED) is 0.137. The van der Waals surface area contributed by atoms with E-state index >= 15 is 0 Å². The van der Waals surface area contributed by atoms with Crippen LogP contribution in [-0.2, 0) is 25.7 Å². The Morgan fingerprint density at radius 2 is 1.68 bits per heavy atom. The van der Waals surface area contributed by atoms with E-state index in [0.29, 0.717) is 16.7 Å². The van der Waals surface area contributed by atoms with Crippen LogP contribution >= 0.6 is 0 Å². The van der Waals surface area contributed by atoms with Gasteiger partial charge in [0.25, 0.3) is 0 Å². The number of amidine groups is 1. The van der Waals surface area contributed by atoms with Crippen molar-refractivity contribution in [1.29, 1.82) is 5.41 Å². The summed E-state index contributed by atoms with van der Waals surface area (Å²) in [6.07, 6.45) is -2.01. The predicted octanol–water partition coefficient (Wildman–Crippen LogP) is 0.387. The number of primary amides is 1. The third-order valence-electron chi connectivity index (χ3n) is 6.93. The highest BCUT2D eigenvalue weighted by Crippen LogP contribution is 2.55. The second-order valence-electron chi connectivity index (χ2n) is 9.01. The standard InChI is InChI=1S/C25H27N5O7/c26-17(32)10-11-30-20(15-6-8-16(9-7-15)21(27)28)18-19(25(30,13-31)37-24(35)36)23(34)29(22(18)33)12-14-4-2-1-3-5-14/h1-9,18-20,31H,10-13H2,(H2,26,32)(H3,27,28)(H,35,36). The van der Waals surface area contributed by atoms with Gasteiger partial charge in [-0.1, -0.05) is 54.6 Å². The summed E-state index contributed by atoms with van der Waals surface area (Å²) in [7, 11) is 0. The molecule has 7 N–H and O–H groups in total. The molecule has 2 heterocycles. The summed E-state index contributed by atoms with van der Waals surface area (Å²) in [4.78, 5) is 53.4. The van der Waals surface area contributed by atoms with Crippen molar-refractivity contribution in [2.75, 3.05) is 13.2 Å². The van der Waals surface area contributed by atoms with Gasteiger partial charge in [0.2, 0.25) is 23.4 Å². The van der Waals surface area contributed by atoms with E-state index < -0.39 is 54.1 Å². The molecule has 0 radical (unpaired) electrons. The molecule has 37 heavy (non-hydrogen) atoms. The maximum atomic E-state index is 13.8. The molecule has 0 aromatic heterocycles. The summed E-state index contributed by atoms with van der Waals surface area (Å²) in [6, 6.07) is 14.2. The molecule has 2 aromatic rings. The van der Waals surface area contributed by atoms with Crippen LogP contribution in [0.2, 0.25) is 0 Å². The van der Waals surface area contributed by atoms with Gasteiger partial charge in [0, 0.05) is 18.5 Å². The van der Waals surface area contributed by atoms with E-state index in [0.717, 1.165) is 4.90 Å². The van der Waals surface area contributed by atoms with E-state index in [-0.39, 0.29) is 25.3 Å². The normalized spacial score (nSPS) is 25.2. The van der Waals surface area contributed by atoms with Crippen LogP contribution in [0.25, 0.3) is 0 Å². The van der Waals surface area contributed by atoms with Crippen molar-refractivity contribution in [2.45, 2.75) is 24.7 Å². The number of amides is 3. The lowest BCUT2D eigenvalue weighted by atomic mass is 9.85. The molecule has 2 aliphatic rings. The van der Waals surface area contributed by atoms with Crippen LogP contribution in [0.15, 0.2) is 54.6 Å². The van der Waals surface area contributed by atoms with E-state index in [1.807, 2.05) is 0 Å². The molecule has 0 aliphatic carbocycles. The third kappa shape index (κ3) is 4.52. The second-order valence-corrected chi connectivity index (χ2v) is 9.01. The fourth-order valence-corrected chi connectivity index (χ4v) is 5.37. The first-order chi connectivity index (χ1) is 17.6. The fraction of sp³-hybridized carbons (Fsp3) is 0.320. The number of carbonyl (C=O) groups is 4. The van der Waals surface area contributed by atoms with Gasteiger partial charge < -0.3 is 26.4 Å². The lowest BCUT2D eigenvalue weighted by Crippen LogP contribution is -2.58. The van der Waals surface area contributed by atoms with Gasteiger partial charge in [-0.3, -0.25) is 29.6 Å². The van der Waals surface area contributed by atoms with Crippen molar-refractivity contribution < 1.29 is 34.1 Å². The molecule has 0 spiro atoms. The summed E-state index contributed by atoms with van der Waals surface area (Å²) in [5.74, 6) is -4.64. The number of hydrogen-bond donors (Lipinski definition) is 5. The molecular formula is C25H27N5O7. The maximum Gasteiger partial charge on any atom is 0.507 e. The Bertz CT molecular complexity index is 1240. The Balaban J connectivity index is 1.85. The van der Waals surface area contributed by atoms with E-state index in [1.165, 1.54) is 4.90 Å². The Hall–Kier alpha value is -4.29. The van der Waals surface area contributed by atoms with Crippen LogP contribution in [0.5, 0.6) is 0 Å². The molecular weight excluding hydrogens is 482 g/mol. The van der Waals surface area contributed by atoms with Gasteiger partial charge in [0.1, 0.15) is 11.8 Å². The fourth-order valence-electron chi connectivity index (χ4n) is 5.37. The minimum Gasteiger partial charge on any atom is -0.450 e. The van der Waals surface area contributed by atoms with Crippen LogP contribution in [0, 0.1) is 17.2 Å². The Morgan fingerprint density at radius 3 is 2.22 bits per heavy atom. The van der Waals surface area contributed by atoms with Crippen molar-refractivity contribution in [3.63, 3.8) is 0 Å². The largest absolute Gasteiger partial charge is 0.507 e.